The molecule has 3 rings (SSSR count). The lowest BCUT2D eigenvalue weighted by atomic mass is 10.2. The third-order valence-electron chi connectivity index (χ3n) is 3.39. The first-order chi connectivity index (χ1) is 12.0. The standard InChI is InChI=1S/C17H12N2O5S/c20-16(14-2-1-9-24-14)15-8-7-13(25-15)10-18-17(21)11-3-5-12(6-4-11)19(22)23/h1-9H,10H2,(H,18,21). The van der Waals surface area contributed by atoms with Gasteiger partial charge in [0.1, 0.15) is 0 Å². The summed E-state index contributed by atoms with van der Waals surface area (Å²) in [6.45, 7) is 0.256. The van der Waals surface area contributed by atoms with Crippen LogP contribution in [-0.2, 0) is 6.54 Å². The van der Waals surface area contributed by atoms with Crippen LogP contribution < -0.4 is 5.32 Å². The van der Waals surface area contributed by atoms with E-state index < -0.39 is 4.92 Å². The van der Waals surface area contributed by atoms with Crippen molar-refractivity contribution in [2.24, 2.45) is 0 Å². The quantitative estimate of drug-likeness (QED) is 0.414. The highest BCUT2D eigenvalue weighted by atomic mass is 32.1. The van der Waals surface area contributed by atoms with Crippen molar-refractivity contribution in [1.82, 2.24) is 5.32 Å². The average molecular weight is 356 g/mol. The Morgan fingerprint density at radius 2 is 1.88 bits per heavy atom. The Bertz CT molecular complexity index is 913. The number of nitro groups is 1. The van der Waals surface area contributed by atoms with Gasteiger partial charge in [0.2, 0.25) is 5.78 Å². The molecular weight excluding hydrogens is 344 g/mol. The third-order valence-corrected chi connectivity index (χ3v) is 4.48. The molecule has 0 aliphatic rings. The predicted octanol–water partition coefficient (Wildman–Crippen LogP) is 3.41. The monoisotopic (exact) mass is 356 g/mol. The van der Waals surface area contributed by atoms with Gasteiger partial charge in [0.25, 0.3) is 11.6 Å². The van der Waals surface area contributed by atoms with E-state index in [0.717, 1.165) is 4.88 Å². The minimum Gasteiger partial charge on any atom is -0.461 e. The summed E-state index contributed by atoms with van der Waals surface area (Å²) in [5, 5.41) is 13.3. The number of nitrogens with one attached hydrogen (secondary N) is 1. The Morgan fingerprint density at radius 1 is 1.12 bits per heavy atom. The first-order valence-corrected chi connectivity index (χ1v) is 8.06. The number of amides is 1. The van der Waals surface area contributed by atoms with Gasteiger partial charge in [0.15, 0.2) is 5.76 Å². The highest BCUT2D eigenvalue weighted by Gasteiger charge is 2.15. The lowest BCUT2D eigenvalue weighted by Gasteiger charge is -2.03. The molecule has 0 radical (unpaired) electrons. The predicted molar refractivity (Wildman–Crippen MR) is 90.7 cm³/mol. The van der Waals surface area contributed by atoms with E-state index in [1.54, 1.807) is 24.3 Å². The van der Waals surface area contributed by atoms with Crippen molar-refractivity contribution in [2.45, 2.75) is 6.54 Å². The molecule has 25 heavy (non-hydrogen) atoms. The molecule has 0 spiro atoms. The summed E-state index contributed by atoms with van der Waals surface area (Å²) in [7, 11) is 0. The van der Waals surface area contributed by atoms with Crippen molar-refractivity contribution >= 4 is 28.7 Å². The van der Waals surface area contributed by atoms with Gasteiger partial charge in [-0.15, -0.1) is 11.3 Å². The van der Waals surface area contributed by atoms with Gasteiger partial charge >= 0.3 is 0 Å². The average Bonchev–Trinajstić information content (AvgIpc) is 3.31. The van der Waals surface area contributed by atoms with E-state index in [1.807, 2.05) is 0 Å². The molecule has 7 nitrogen and oxygen atoms in total. The first kappa shape index (κ1) is 16.6. The van der Waals surface area contributed by atoms with Gasteiger partial charge in [-0.25, -0.2) is 0 Å². The van der Waals surface area contributed by atoms with E-state index in [-0.39, 0.29) is 29.7 Å². The van der Waals surface area contributed by atoms with Gasteiger partial charge in [-0.05, 0) is 36.4 Å². The maximum atomic E-state index is 12.1. The fourth-order valence-corrected chi connectivity index (χ4v) is 3.02. The molecule has 0 aliphatic heterocycles. The number of benzene rings is 1. The number of ketones is 1. The van der Waals surface area contributed by atoms with Crippen LogP contribution in [0.15, 0.2) is 59.2 Å². The second-order valence-corrected chi connectivity index (χ2v) is 6.23. The highest BCUT2D eigenvalue weighted by molar-refractivity contribution is 7.14. The van der Waals surface area contributed by atoms with Crippen LogP contribution in [0.5, 0.6) is 0 Å². The van der Waals surface area contributed by atoms with Crippen LogP contribution >= 0.6 is 11.3 Å². The number of carbonyl (C=O) groups excluding carboxylic acids is 2. The Labute approximate surface area is 146 Å². The third kappa shape index (κ3) is 3.81. The van der Waals surface area contributed by atoms with Crippen molar-refractivity contribution < 1.29 is 18.9 Å². The molecule has 0 bridgehead atoms. The number of non-ortho nitro benzene ring substituents is 1. The maximum absolute atomic E-state index is 12.1. The smallest absolute Gasteiger partial charge is 0.269 e. The van der Waals surface area contributed by atoms with Crippen molar-refractivity contribution in [2.75, 3.05) is 0 Å². The van der Waals surface area contributed by atoms with Crippen LogP contribution in [0.3, 0.4) is 0 Å². The normalized spacial score (nSPS) is 10.4. The summed E-state index contributed by atoms with van der Waals surface area (Å²) in [5.41, 5.74) is 0.255. The van der Waals surface area contributed by atoms with Crippen molar-refractivity contribution in [3.05, 3.63) is 86.0 Å². The molecule has 126 valence electrons. The molecule has 2 heterocycles. The number of nitro benzene ring substituents is 1. The minimum absolute atomic E-state index is 0.0733. The zero-order valence-corrected chi connectivity index (χ0v) is 13.6. The van der Waals surface area contributed by atoms with E-state index in [2.05, 4.69) is 5.32 Å². The molecule has 0 atom stereocenters. The van der Waals surface area contributed by atoms with Crippen molar-refractivity contribution in [3.8, 4) is 0 Å². The molecule has 1 N–H and O–H groups in total. The molecule has 0 saturated heterocycles. The number of carbonyl (C=O) groups is 2. The summed E-state index contributed by atoms with van der Waals surface area (Å²) in [5.74, 6) is -0.284. The van der Waals surface area contributed by atoms with Gasteiger partial charge in [-0.2, -0.15) is 0 Å². The van der Waals surface area contributed by atoms with Gasteiger partial charge in [-0.1, -0.05) is 0 Å². The zero-order chi connectivity index (χ0) is 17.8. The number of hydrogen-bond donors (Lipinski definition) is 1. The van der Waals surface area contributed by atoms with Crippen LogP contribution in [0, 0.1) is 10.1 Å². The highest BCUT2D eigenvalue weighted by Crippen LogP contribution is 2.20. The van der Waals surface area contributed by atoms with Crippen LogP contribution in [-0.4, -0.2) is 16.6 Å². The van der Waals surface area contributed by atoms with E-state index in [1.165, 1.54) is 41.9 Å². The van der Waals surface area contributed by atoms with E-state index in [0.29, 0.717) is 10.4 Å². The van der Waals surface area contributed by atoms with Crippen molar-refractivity contribution in [3.63, 3.8) is 0 Å². The van der Waals surface area contributed by atoms with Crippen LogP contribution in [0.2, 0.25) is 0 Å². The molecule has 0 saturated carbocycles. The summed E-state index contributed by atoms with van der Waals surface area (Å²) >= 11 is 1.27. The molecule has 2 aromatic heterocycles. The number of nitrogens with zero attached hydrogens (tertiary/aromatic N) is 1. The van der Waals surface area contributed by atoms with Gasteiger partial charge in [-0.3, -0.25) is 19.7 Å². The Kier molecular flexibility index (Phi) is 4.71. The molecule has 0 aliphatic carbocycles. The molecule has 8 heteroatoms. The SMILES string of the molecule is O=C(NCc1ccc(C(=O)c2ccco2)s1)c1ccc([N+](=O)[O-])cc1. The lowest BCUT2D eigenvalue weighted by Crippen LogP contribution is -2.22. The molecule has 3 aromatic rings. The van der Waals surface area contributed by atoms with Crippen molar-refractivity contribution in [1.29, 1.82) is 0 Å². The number of furan rings is 1. The summed E-state index contributed by atoms with van der Waals surface area (Å²) < 4.78 is 5.08. The summed E-state index contributed by atoms with van der Waals surface area (Å²) in [6.07, 6.45) is 1.44. The van der Waals surface area contributed by atoms with Gasteiger partial charge in [0.05, 0.1) is 22.6 Å². The fourth-order valence-electron chi connectivity index (χ4n) is 2.13. The van der Waals surface area contributed by atoms with Crippen LogP contribution in [0.25, 0.3) is 0 Å². The topological polar surface area (TPSA) is 102 Å². The number of rotatable bonds is 6. The van der Waals surface area contributed by atoms with Gasteiger partial charge < -0.3 is 9.73 Å². The Hall–Kier alpha value is -3.26. The molecule has 0 unspecified atom stereocenters. The number of thiophene rings is 1. The molecular formula is C17H12N2O5S. The maximum Gasteiger partial charge on any atom is 0.269 e. The first-order valence-electron chi connectivity index (χ1n) is 7.24. The second-order valence-electron chi connectivity index (χ2n) is 5.06. The van der Waals surface area contributed by atoms with Gasteiger partial charge in [0, 0.05) is 22.6 Å². The molecule has 1 aromatic carbocycles. The van der Waals surface area contributed by atoms with E-state index >= 15 is 0 Å². The molecule has 1 amide bonds. The number of hydrogen-bond acceptors (Lipinski definition) is 6. The Balaban J connectivity index is 1.61. The van der Waals surface area contributed by atoms with E-state index in [4.69, 9.17) is 4.42 Å². The Morgan fingerprint density at radius 3 is 2.52 bits per heavy atom. The summed E-state index contributed by atoms with van der Waals surface area (Å²) in [6, 6.07) is 12.0. The van der Waals surface area contributed by atoms with E-state index in [9.17, 15) is 19.7 Å². The lowest BCUT2D eigenvalue weighted by molar-refractivity contribution is -0.384. The largest absolute Gasteiger partial charge is 0.461 e. The summed E-state index contributed by atoms with van der Waals surface area (Å²) in [4.78, 5) is 35.6. The van der Waals surface area contributed by atoms with Crippen LogP contribution in [0.4, 0.5) is 5.69 Å². The minimum atomic E-state index is -0.523. The second kappa shape index (κ2) is 7.10. The molecule has 0 fully saturated rings. The van der Waals surface area contributed by atoms with Crippen LogP contribution in [0.1, 0.15) is 30.7 Å². The fraction of sp³-hybridized carbons (Fsp3) is 0.0588. The zero-order valence-electron chi connectivity index (χ0n) is 12.8.